The zero-order chi connectivity index (χ0) is 10.4. The first kappa shape index (κ1) is 12.3. The van der Waals surface area contributed by atoms with E-state index in [9.17, 15) is 0 Å². The summed E-state index contributed by atoms with van der Waals surface area (Å²) in [5.41, 5.74) is 1.30. The van der Waals surface area contributed by atoms with Crippen LogP contribution < -0.4 is 0 Å². The number of nitrogens with zero attached hydrogens (tertiary/aromatic N) is 1. The first-order valence-corrected chi connectivity index (χ1v) is 4.77. The third-order valence-corrected chi connectivity index (χ3v) is 2.37. The molecule has 0 aromatic heterocycles. The van der Waals surface area contributed by atoms with Crippen molar-refractivity contribution in [3.63, 3.8) is 0 Å². The van der Waals surface area contributed by atoms with Gasteiger partial charge in [0, 0.05) is 0 Å². The molecule has 0 saturated carbocycles. The summed E-state index contributed by atoms with van der Waals surface area (Å²) in [7, 11) is 0. The second-order valence-electron chi connectivity index (χ2n) is 2.17. The Labute approximate surface area is 88.9 Å². The lowest BCUT2D eigenvalue weighted by Crippen LogP contribution is -1.81. The van der Waals surface area contributed by atoms with E-state index < -0.39 is 0 Å². The molecule has 3 heteroatoms. The molecule has 0 amide bonds. The second-order valence-corrected chi connectivity index (χ2v) is 2.93. The lowest BCUT2D eigenvalue weighted by atomic mass is 10.2. The number of hydrogen-bond donors (Lipinski definition) is 0. The van der Waals surface area contributed by atoms with Gasteiger partial charge < -0.3 is 0 Å². The molecule has 0 spiro atoms. The molecule has 0 aliphatic heterocycles. The first-order chi connectivity index (χ1) is 6.16. The van der Waals surface area contributed by atoms with Crippen LogP contribution >= 0.6 is 23.2 Å². The molecule has 0 fully saturated rings. The lowest BCUT2D eigenvalue weighted by molar-refractivity contribution is 1.43. The predicted molar refractivity (Wildman–Crippen MR) is 57.3 cm³/mol. The van der Waals surface area contributed by atoms with Gasteiger partial charge in [0.15, 0.2) is 0 Å². The maximum atomic E-state index is 8.54. The van der Waals surface area contributed by atoms with Crippen molar-refractivity contribution in [3.8, 4) is 6.07 Å². The SMILES string of the molecule is CC.Cc1ccc(C#N)c(Cl)c1Cl. The quantitative estimate of drug-likeness (QED) is 0.637. The van der Waals surface area contributed by atoms with Gasteiger partial charge >= 0.3 is 0 Å². The topological polar surface area (TPSA) is 23.8 Å². The van der Waals surface area contributed by atoms with Crippen LogP contribution in [0.4, 0.5) is 0 Å². The molecule has 0 N–H and O–H groups in total. The molecular weight excluding hydrogens is 205 g/mol. The van der Waals surface area contributed by atoms with Gasteiger partial charge in [0.1, 0.15) is 6.07 Å². The van der Waals surface area contributed by atoms with Crippen LogP contribution in [-0.4, -0.2) is 0 Å². The van der Waals surface area contributed by atoms with Gasteiger partial charge in [-0.15, -0.1) is 0 Å². The maximum Gasteiger partial charge on any atom is 0.101 e. The van der Waals surface area contributed by atoms with Crippen LogP contribution in [0.3, 0.4) is 0 Å². The lowest BCUT2D eigenvalue weighted by Gasteiger charge is -2.00. The van der Waals surface area contributed by atoms with Gasteiger partial charge in [-0.05, 0) is 18.6 Å². The average molecular weight is 216 g/mol. The van der Waals surface area contributed by atoms with E-state index in [-0.39, 0.29) is 0 Å². The fourth-order valence-electron chi connectivity index (χ4n) is 0.732. The smallest absolute Gasteiger partial charge is 0.101 e. The molecule has 0 heterocycles. The van der Waals surface area contributed by atoms with E-state index in [2.05, 4.69) is 0 Å². The molecule has 1 aromatic carbocycles. The largest absolute Gasteiger partial charge is 0.192 e. The first-order valence-electron chi connectivity index (χ1n) is 4.01. The van der Waals surface area contributed by atoms with E-state index in [1.54, 1.807) is 12.1 Å². The van der Waals surface area contributed by atoms with Crippen molar-refractivity contribution >= 4 is 23.2 Å². The third kappa shape index (κ3) is 2.91. The highest BCUT2D eigenvalue weighted by molar-refractivity contribution is 6.43. The highest BCUT2D eigenvalue weighted by atomic mass is 35.5. The molecular formula is C10H11Cl2N. The number of halogens is 2. The summed E-state index contributed by atoms with van der Waals surface area (Å²) in [5, 5.41) is 9.35. The van der Waals surface area contributed by atoms with E-state index >= 15 is 0 Å². The van der Waals surface area contributed by atoms with Crippen molar-refractivity contribution in [3.05, 3.63) is 33.3 Å². The molecule has 0 atom stereocenters. The Bertz CT molecular complexity index is 326. The Morgan fingerprint density at radius 3 is 2.15 bits per heavy atom. The normalized spacial score (nSPS) is 8.31. The van der Waals surface area contributed by atoms with Gasteiger partial charge in [0.2, 0.25) is 0 Å². The number of aryl methyl sites for hydroxylation is 1. The summed E-state index contributed by atoms with van der Waals surface area (Å²) in [5.74, 6) is 0. The Hall–Kier alpha value is -0.710. The van der Waals surface area contributed by atoms with E-state index in [4.69, 9.17) is 28.5 Å². The molecule has 1 aromatic rings. The minimum absolute atomic E-state index is 0.342. The summed E-state index contributed by atoms with van der Waals surface area (Å²) in [6, 6.07) is 5.37. The molecule has 0 radical (unpaired) electrons. The fraction of sp³-hybridized carbons (Fsp3) is 0.300. The molecule has 70 valence electrons. The second kappa shape index (κ2) is 5.85. The molecule has 0 aliphatic carbocycles. The van der Waals surface area contributed by atoms with Crippen LogP contribution in [0.5, 0.6) is 0 Å². The number of rotatable bonds is 0. The van der Waals surface area contributed by atoms with Gasteiger partial charge in [-0.25, -0.2) is 0 Å². The summed E-state index contributed by atoms with van der Waals surface area (Å²) >= 11 is 11.5. The maximum absolute atomic E-state index is 8.54. The summed E-state index contributed by atoms with van der Waals surface area (Å²) in [6.07, 6.45) is 0. The molecule has 0 unspecified atom stereocenters. The van der Waals surface area contributed by atoms with E-state index in [1.807, 2.05) is 26.8 Å². The van der Waals surface area contributed by atoms with Gasteiger partial charge in [-0.1, -0.05) is 43.1 Å². The fourth-order valence-corrected chi connectivity index (χ4v) is 1.15. The minimum atomic E-state index is 0.342. The monoisotopic (exact) mass is 215 g/mol. The summed E-state index contributed by atoms with van der Waals surface area (Å²) in [4.78, 5) is 0. The minimum Gasteiger partial charge on any atom is -0.192 e. The molecule has 1 rings (SSSR count). The zero-order valence-corrected chi connectivity index (χ0v) is 9.37. The third-order valence-electron chi connectivity index (χ3n) is 1.40. The molecule has 1 nitrogen and oxygen atoms in total. The van der Waals surface area contributed by atoms with Gasteiger partial charge in [0.25, 0.3) is 0 Å². The van der Waals surface area contributed by atoms with E-state index in [0.717, 1.165) is 5.56 Å². The average Bonchev–Trinajstić information content (AvgIpc) is 2.18. The molecule has 13 heavy (non-hydrogen) atoms. The summed E-state index contributed by atoms with van der Waals surface area (Å²) in [6.45, 7) is 5.84. The number of nitriles is 1. The van der Waals surface area contributed by atoms with Gasteiger partial charge in [-0.3, -0.25) is 0 Å². The predicted octanol–water partition coefficient (Wildman–Crippen LogP) is 4.20. The van der Waals surface area contributed by atoms with Crippen LogP contribution in [-0.2, 0) is 0 Å². The van der Waals surface area contributed by atoms with Crippen molar-refractivity contribution in [2.75, 3.05) is 0 Å². The Kier molecular flexibility index (Phi) is 5.53. The van der Waals surface area contributed by atoms with E-state index in [1.165, 1.54) is 0 Å². The van der Waals surface area contributed by atoms with Crippen molar-refractivity contribution in [1.82, 2.24) is 0 Å². The van der Waals surface area contributed by atoms with Gasteiger partial charge in [0.05, 0.1) is 15.6 Å². The molecule has 0 saturated heterocycles. The summed E-state index contributed by atoms with van der Waals surface area (Å²) < 4.78 is 0. The standard InChI is InChI=1S/C8H5Cl2N.C2H6/c1-5-2-3-6(4-11)8(10)7(5)9;1-2/h2-3H,1H3;1-2H3. The number of hydrogen-bond acceptors (Lipinski definition) is 1. The van der Waals surface area contributed by atoms with Gasteiger partial charge in [-0.2, -0.15) is 5.26 Å². The van der Waals surface area contributed by atoms with Crippen LogP contribution in [0.1, 0.15) is 25.0 Å². The molecule has 0 aliphatic rings. The highest BCUT2D eigenvalue weighted by Gasteiger charge is 2.05. The van der Waals surface area contributed by atoms with Crippen molar-refractivity contribution in [2.24, 2.45) is 0 Å². The van der Waals surface area contributed by atoms with Crippen molar-refractivity contribution in [1.29, 1.82) is 5.26 Å². The van der Waals surface area contributed by atoms with Crippen LogP contribution in [0.25, 0.3) is 0 Å². The highest BCUT2D eigenvalue weighted by Crippen LogP contribution is 2.28. The Balaban J connectivity index is 0.000000671. The van der Waals surface area contributed by atoms with Crippen LogP contribution in [0, 0.1) is 18.3 Å². The van der Waals surface area contributed by atoms with Crippen molar-refractivity contribution in [2.45, 2.75) is 20.8 Å². The van der Waals surface area contributed by atoms with E-state index in [0.29, 0.717) is 15.6 Å². The number of benzene rings is 1. The molecule has 0 bridgehead atoms. The van der Waals surface area contributed by atoms with Crippen LogP contribution in [0.15, 0.2) is 12.1 Å². The van der Waals surface area contributed by atoms with Crippen molar-refractivity contribution < 1.29 is 0 Å². The Morgan fingerprint density at radius 1 is 1.15 bits per heavy atom. The Morgan fingerprint density at radius 2 is 1.69 bits per heavy atom. The zero-order valence-electron chi connectivity index (χ0n) is 7.86. The van der Waals surface area contributed by atoms with Crippen LogP contribution in [0.2, 0.25) is 10.0 Å².